The van der Waals surface area contributed by atoms with Gasteiger partial charge in [-0.25, -0.2) is 14.6 Å². The number of alkyl carbamates (subject to hydrolysis) is 2. The maximum absolute atomic E-state index is 14.5. The third-order valence-electron chi connectivity index (χ3n) is 7.59. The molecule has 0 unspecified atom stereocenters. The SMILES string of the molecule is [2H]C([2H])([2H])OC(=O)N[C@H](C(=O)N[C@@H](Cc1ccccc1)[C@@H](O)CN(Cc1ccc(-c2ccccn2)cc1)NC(=O)[C@@H](NC(=O)OC([2H])([2H])[2H])C(C([2H])([2H])[2H])(C([2H])([2H])[2H])C([2H])([2H])[2H])C(C)(C)C. The quantitative estimate of drug-likeness (QED) is 0.153. The third-order valence-corrected chi connectivity index (χ3v) is 7.59. The van der Waals surface area contributed by atoms with Crippen LogP contribution >= 0.6 is 0 Å². The lowest BCUT2D eigenvalue weighted by molar-refractivity contribution is -0.132. The van der Waals surface area contributed by atoms with Crippen LogP contribution in [0.5, 0.6) is 0 Å². The van der Waals surface area contributed by atoms with Crippen LogP contribution in [0.25, 0.3) is 11.3 Å². The number of nitrogens with zero attached hydrogens (tertiary/aromatic N) is 2. The van der Waals surface area contributed by atoms with Crippen LogP contribution in [-0.4, -0.2) is 84.0 Å². The number of ether oxygens (including phenoxy) is 2. The molecular weight excluding hydrogens is 652 g/mol. The summed E-state index contributed by atoms with van der Waals surface area (Å²) in [6.45, 7) is -8.91. The van der Waals surface area contributed by atoms with E-state index in [0.717, 1.165) is 5.01 Å². The molecule has 0 fully saturated rings. The monoisotopic (exact) mass is 719 g/mol. The molecule has 5 N–H and O–H groups in total. The van der Waals surface area contributed by atoms with E-state index in [-0.39, 0.29) is 6.42 Å². The second-order valence-electron chi connectivity index (χ2n) is 12.7. The first-order valence-corrected chi connectivity index (χ1v) is 15.6. The highest BCUT2D eigenvalue weighted by atomic mass is 16.5. The largest absolute Gasteiger partial charge is 0.453 e. The first kappa shape index (κ1) is 23.5. The Morgan fingerprint density at radius 1 is 0.784 bits per heavy atom. The number of hydrogen-bond donors (Lipinski definition) is 5. The van der Waals surface area contributed by atoms with Gasteiger partial charge in [-0.3, -0.25) is 20.0 Å². The number of hydrogen-bond acceptors (Lipinski definition) is 9. The molecule has 0 saturated carbocycles. The van der Waals surface area contributed by atoms with E-state index in [4.69, 9.17) is 20.6 Å². The molecule has 2 aromatic carbocycles. The highest BCUT2D eigenvalue weighted by Gasteiger charge is 2.37. The predicted molar refractivity (Wildman–Crippen MR) is 194 cm³/mol. The molecule has 4 atom stereocenters. The van der Waals surface area contributed by atoms with Crippen LogP contribution in [0.2, 0.25) is 0 Å². The van der Waals surface area contributed by atoms with E-state index in [2.05, 4.69) is 30.5 Å². The summed E-state index contributed by atoms with van der Waals surface area (Å²) < 4.78 is 126. The fourth-order valence-electron chi connectivity index (χ4n) is 5.02. The number of pyridine rings is 1. The molecule has 0 radical (unpaired) electrons. The summed E-state index contributed by atoms with van der Waals surface area (Å²) in [4.78, 5) is 58.3. The molecule has 3 aromatic rings. The van der Waals surface area contributed by atoms with Crippen molar-refractivity contribution in [2.75, 3.05) is 20.6 Å². The van der Waals surface area contributed by atoms with Crippen LogP contribution in [0, 0.1) is 10.8 Å². The lowest BCUT2D eigenvalue weighted by Crippen LogP contribution is -2.60. The maximum Gasteiger partial charge on any atom is 0.407 e. The number of benzene rings is 2. The molecule has 0 saturated heterocycles. The van der Waals surface area contributed by atoms with Crippen LogP contribution in [0.1, 0.15) is 73.0 Å². The molecule has 3 rings (SSSR count). The first-order valence-electron chi connectivity index (χ1n) is 23.1. The van der Waals surface area contributed by atoms with Crippen molar-refractivity contribution in [2.24, 2.45) is 10.8 Å². The lowest BCUT2D eigenvalue weighted by atomic mass is 9.85. The first-order chi connectivity index (χ1) is 30.1. The summed E-state index contributed by atoms with van der Waals surface area (Å²) in [5.41, 5.74) is -0.912. The number of nitrogens with one attached hydrogen (secondary N) is 4. The van der Waals surface area contributed by atoms with Gasteiger partial charge in [0, 0.05) is 37.2 Å². The van der Waals surface area contributed by atoms with Crippen LogP contribution in [0.15, 0.2) is 79.0 Å². The van der Waals surface area contributed by atoms with Gasteiger partial charge in [0.25, 0.3) is 5.91 Å². The molecule has 51 heavy (non-hydrogen) atoms. The zero-order chi connectivity index (χ0) is 50.3. The van der Waals surface area contributed by atoms with Crippen LogP contribution in [-0.2, 0) is 32.0 Å². The Balaban J connectivity index is 2.20. The molecule has 1 heterocycles. The normalized spacial score (nSPS) is 19.6. The average Bonchev–Trinajstić information content (AvgIpc) is 3.14. The van der Waals surface area contributed by atoms with Crippen LogP contribution < -0.4 is 21.4 Å². The molecule has 13 nitrogen and oxygen atoms in total. The molecule has 0 aliphatic carbocycles. The van der Waals surface area contributed by atoms with Gasteiger partial charge in [0.15, 0.2) is 0 Å². The zero-order valence-corrected chi connectivity index (χ0v) is 28.2. The van der Waals surface area contributed by atoms with E-state index in [0.29, 0.717) is 22.4 Å². The molecule has 13 heteroatoms. The summed E-state index contributed by atoms with van der Waals surface area (Å²) in [6.07, 6.45) is -3.89. The number of aromatic nitrogens is 1. The van der Waals surface area contributed by atoms with Crippen LogP contribution in [0.4, 0.5) is 9.59 Å². The van der Waals surface area contributed by atoms with Gasteiger partial charge >= 0.3 is 12.2 Å². The number of rotatable bonds is 14. The topological polar surface area (TPSA) is 171 Å². The van der Waals surface area contributed by atoms with Gasteiger partial charge in [-0.05, 0) is 40.5 Å². The van der Waals surface area contributed by atoms with Gasteiger partial charge in [0.2, 0.25) is 5.91 Å². The van der Waals surface area contributed by atoms with Crippen molar-refractivity contribution < 1.29 is 54.3 Å². The predicted octanol–water partition coefficient (Wildman–Crippen LogP) is 4.21. The average molecular weight is 720 g/mol. The van der Waals surface area contributed by atoms with Crippen molar-refractivity contribution in [3.05, 3.63) is 90.1 Å². The highest BCUT2D eigenvalue weighted by Crippen LogP contribution is 2.23. The van der Waals surface area contributed by atoms with Gasteiger partial charge in [0.1, 0.15) is 12.1 Å². The summed E-state index contributed by atoms with van der Waals surface area (Å²) in [7, 11) is -6.71. The van der Waals surface area contributed by atoms with E-state index in [9.17, 15) is 24.3 Å². The number of aliphatic hydroxyl groups is 1. The lowest BCUT2D eigenvalue weighted by Gasteiger charge is -2.35. The number of methoxy groups -OCH3 is 2. The summed E-state index contributed by atoms with van der Waals surface area (Å²) in [5, 5.41) is 19.4. The smallest absolute Gasteiger partial charge is 0.407 e. The fraction of sp³-hybridized carbons (Fsp3) is 0.447. The van der Waals surface area contributed by atoms with E-state index < -0.39 is 107 Å². The molecule has 0 aliphatic heterocycles. The number of hydrazine groups is 1. The van der Waals surface area contributed by atoms with Crippen LogP contribution in [0.3, 0.4) is 0 Å². The second kappa shape index (κ2) is 18.3. The van der Waals surface area contributed by atoms with Crippen molar-refractivity contribution in [3.8, 4) is 11.3 Å². The van der Waals surface area contributed by atoms with Gasteiger partial charge < -0.3 is 30.5 Å². The minimum absolute atomic E-state index is 0.143. The Hall–Kier alpha value is -5.01. The van der Waals surface area contributed by atoms with Crippen molar-refractivity contribution in [1.29, 1.82) is 0 Å². The Morgan fingerprint density at radius 3 is 1.94 bits per heavy atom. The molecule has 0 spiro atoms. The molecule has 1 aromatic heterocycles. The Bertz CT molecular complexity index is 2060. The highest BCUT2D eigenvalue weighted by molar-refractivity contribution is 5.87. The molecule has 0 aliphatic rings. The Labute approximate surface area is 321 Å². The molecule has 0 bridgehead atoms. The minimum atomic E-state index is -4.14. The number of carbonyl (C=O) groups is 4. The van der Waals surface area contributed by atoms with E-state index in [1.165, 1.54) is 0 Å². The minimum Gasteiger partial charge on any atom is -0.453 e. The number of aliphatic hydroxyl groups excluding tert-OH is 1. The number of amides is 4. The van der Waals surface area contributed by atoms with Crippen molar-refractivity contribution in [2.45, 2.75) is 78.5 Å². The van der Waals surface area contributed by atoms with Crippen molar-refractivity contribution in [1.82, 2.24) is 31.4 Å². The third kappa shape index (κ3) is 12.7. The maximum atomic E-state index is 14.5. The zero-order valence-electron chi connectivity index (χ0n) is 43.2. The summed E-state index contributed by atoms with van der Waals surface area (Å²) in [5.74, 6) is -2.74. The van der Waals surface area contributed by atoms with E-state index in [1.54, 1.807) is 105 Å². The molecule has 276 valence electrons. The Morgan fingerprint density at radius 2 is 1.39 bits per heavy atom. The Kier molecular flexibility index (Phi) is 8.41. The number of carbonyl (C=O) groups excluding carboxylic acids is 4. The second-order valence-corrected chi connectivity index (χ2v) is 12.7. The van der Waals surface area contributed by atoms with Gasteiger partial charge in [0.05, 0.1) is 40.1 Å². The van der Waals surface area contributed by atoms with Crippen molar-refractivity contribution >= 4 is 24.0 Å². The van der Waals surface area contributed by atoms with Gasteiger partial charge in [-0.15, -0.1) is 0 Å². The van der Waals surface area contributed by atoms with Gasteiger partial charge in [-0.1, -0.05) is 102 Å². The molecule has 4 amide bonds. The standard InChI is InChI=1S/C38H52N6O7/c1-37(2,3)31(41-35(48)50-7)33(46)40-29(22-25-14-10-9-11-15-25)30(45)24-44(43-34(47)32(38(4,5)6)42-36(49)51-8)23-26-17-19-27(20-18-26)28-16-12-13-21-39-28/h9-21,29-32,45H,22-24H2,1-8H3,(H,40,46)(H,41,48)(H,42,49)(H,43,47)/t29-,30-,31+,32+/m0/s1/i4D3,5D3,6D3,7D3,8D3. The van der Waals surface area contributed by atoms with E-state index in [1.807, 2.05) is 0 Å². The fourth-order valence-corrected chi connectivity index (χ4v) is 5.02. The van der Waals surface area contributed by atoms with Crippen molar-refractivity contribution in [3.63, 3.8) is 0 Å². The summed E-state index contributed by atoms with van der Waals surface area (Å²) >= 11 is 0. The molecular formula is C38H52N6O7. The van der Waals surface area contributed by atoms with Gasteiger partial charge in [-0.2, -0.15) is 0 Å². The summed E-state index contributed by atoms with van der Waals surface area (Å²) in [6, 6.07) is 13.9. The van der Waals surface area contributed by atoms with E-state index >= 15 is 0 Å².